The molecule has 27 heavy (non-hydrogen) atoms. The van der Waals surface area contributed by atoms with Crippen LogP contribution in [0.1, 0.15) is 13.3 Å². The van der Waals surface area contributed by atoms with Gasteiger partial charge in [-0.25, -0.2) is 0 Å². The van der Waals surface area contributed by atoms with Gasteiger partial charge >= 0.3 is 6.61 Å². The van der Waals surface area contributed by atoms with Gasteiger partial charge in [-0.3, -0.25) is 9.59 Å². The standard InChI is InChI=1S/C19H19F2N3O3/c1-12-10-17(25)23-13-6-2-4-8-15(13)24(12)18(26)11-22-14-7-3-5-9-16(14)27-19(20)21/h2-9,12,19,22H,10-11H2,1H3,(H,23,25)/t12-/m0/s1. The molecule has 1 heterocycles. The third-order valence-electron chi connectivity index (χ3n) is 4.16. The normalized spacial score (nSPS) is 16.4. The van der Waals surface area contributed by atoms with Crippen molar-refractivity contribution in [3.05, 3.63) is 48.5 Å². The Hall–Kier alpha value is -3.16. The Morgan fingerprint density at radius 3 is 2.74 bits per heavy atom. The molecule has 1 atom stereocenters. The molecule has 2 aromatic carbocycles. The minimum atomic E-state index is -2.96. The molecule has 0 bridgehead atoms. The molecule has 142 valence electrons. The molecule has 1 aliphatic heterocycles. The summed E-state index contributed by atoms with van der Waals surface area (Å²) in [6.07, 6.45) is 0.158. The number of nitrogens with one attached hydrogen (secondary N) is 2. The molecule has 0 radical (unpaired) electrons. The number of anilines is 3. The average Bonchev–Trinajstić information content (AvgIpc) is 2.74. The number of carbonyl (C=O) groups excluding carboxylic acids is 2. The summed E-state index contributed by atoms with van der Waals surface area (Å²) < 4.78 is 29.5. The van der Waals surface area contributed by atoms with E-state index in [0.29, 0.717) is 11.4 Å². The number of hydrogen-bond acceptors (Lipinski definition) is 4. The highest BCUT2D eigenvalue weighted by Crippen LogP contribution is 2.31. The van der Waals surface area contributed by atoms with E-state index in [1.807, 2.05) is 0 Å². The molecule has 2 amide bonds. The van der Waals surface area contributed by atoms with Gasteiger partial charge < -0.3 is 20.3 Å². The molecule has 1 aliphatic rings. The summed E-state index contributed by atoms with van der Waals surface area (Å²) in [5.74, 6) is -0.506. The van der Waals surface area contributed by atoms with E-state index in [4.69, 9.17) is 0 Å². The number of fused-ring (bicyclic) bond motifs is 1. The second kappa shape index (κ2) is 8.03. The molecule has 0 spiro atoms. The highest BCUT2D eigenvalue weighted by Gasteiger charge is 2.29. The fourth-order valence-electron chi connectivity index (χ4n) is 3.04. The van der Waals surface area contributed by atoms with E-state index in [0.717, 1.165) is 0 Å². The van der Waals surface area contributed by atoms with E-state index in [2.05, 4.69) is 15.4 Å². The van der Waals surface area contributed by atoms with Crippen LogP contribution in [-0.4, -0.2) is 31.0 Å². The molecule has 3 rings (SSSR count). The van der Waals surface area contributed by atoms with Crippen LogP contribution in [0.4, 0.5) is 25.8 Å². The zero-order chi connectivity index (χ0) is 19.4. The molecular formula is C19H19F2N3O3. The smallest absolute Gasteiger partial charge is 0.387 e. The number of benzene rings is 2. The van der Waals surface area contributed by atoms with Gasteiger partial charge in [0.1, 0.15) is 5.75 Å². The minimum absolute atomic E-state index is 0.0403. The molecule has 6 nitrogen and oxygen atoms in total. The highest BCUT2D eigenvalue weighted by atomic mass is 19.3. The average molecular weight is 375 g/mol. The molecule has 0 unspecified atom stereocenters. The Labute approximate surface area is 155 Å². The first-order valence-electron chi connectivity index (χ1n) is 8.44. The first-order valence-corrected chi connectivity index (χ1v) is 8.44. The second-order valence-electron chi connectivity index (χ2n) is 6.11. The molecule has 0 saturated heterocycles. The summed E-state index contributed by atoms with van der Waals surface area (Å²) in [7, 11) is 0. The van der Waals surface area contributed by atoms with Crippen molar-refractivity contribution in [2.75, 3.05) is 22.1 Å². The summed E-state index contributed by atoms with van der Waals surface area (Å²) in [6, 6.07) is 12.8. The summed E-state index contributed by atoms with van der Waals surface area (Å²) in [5.41, 5.74) is 1.44. The number of amides is 2. The summed E-state index contributed by atoms with van der Waals surface area (Å²) >= 11 is 0. The Kier molecular flexibility index (Phi) is 5.54. The lowest BCUT2D eigenvalue weighted by Gasteiger charge is -2.28. The van der Waals surface area contributed by atoms with Crippen LogP contribution >= 0.6 is 0 Å². The number of para-hydroxylation sites is 4. The SMILES string of the molecule is C[C@H]1CC(=O)Nc2ccccc2N1C(=O)CNc1ccccc1OC(F)F. The van der Waals surface area contributed by atoms with E-state index in [1.165, 1.54) is 11.0 Å². The van der Waals surface area contributed by atoms with Crippen LogP contribution in [0.3, 0.4) is 0 Å². The molecule has 2 N–H and O–H groups in total. The number of hydrogen-bond donors (Lipinski definition) is 2. The van der Waals surface area contributed by atoms with Gasteiger partial charge in [0.05, 0.1) is 23.6 Å². The maximum absolute atomic E-state index is 12.9. The van der Waals surface area contributed by atoms with Crippen molar-refractivity contribution >= 4 is 28.9 Å². The van der Waals surface area contributed by atoms with Crippen LogP contribution in [-0.2, 0) is 9.59 Å². The van der Waals surface area contributed by atoms with Crippen molar-refractivity contribution in [2.45, 2.75) is 26.0 Å². The van der Waals surface area contributed by atoms with Gasteiger partial charge in [-0.1, -0.05) is 24.3 Å². The van der Waals surface area contributed by atoms with Crippen molar-refractivity contribution in [2.24, 2.45) is 0 Å². The monoisotopic (exact) mass is 375 g/mol. The Morgan fingerprint density at radius 2 is 1.96 bits per heavy atom. The van der Waals surface area contributed by atoms with Gasteiger partial charge in [0.2, 0.25) is 11.8 Å². The maximum Gasteiger partial charge on any atom is 0.387 e. The first-order chi connectivity index (χ1) is 13.0. The zero-order valence-electron chi connectivity index (χ0n) is 14.6. The van der Waals surface area contributed by atoms with Crippen LogP contribution in [0, 0.1) is 0 Å². The van der Waals surface area contributed by atoms with Crippen molar-refractivity contribution in [1.29, 1.82) is 0 Å². The largest absolute Gasteiger partial charge is 0.433 e. The topological polar surface area (TPSA) is 70.7 Å². The van der Waals surface area contributed by atoms with Gasteiger partial charge in [-0.2, -0.15) is 8.78 Å². The van der Waals surface area contributed by atoms with E-state index < -0.39 is 6.61 Å². The van der Waals surface area contributed by atoms with E-state index in [-0.39, 0.29) is 42.3 Å². The first kappa shape index (κ1) is 18.6. The fourth-order valence-corrected chi connectivity index (χ4v) is 3.04. The van der Waals surface area contributed by atoms with Gasteiger partial charge in [0.15, 0.2) is 0 Å². The second-order valence-corrected chi connectivity index (χ2v) is 6.11. The molecule has 0 aromatic heterocycles. The van der Waals surface area contributed by atoms with Crippen LogP contribution in [0.15, 0.2) is 48.5 Å². The van der Waals surface area contributed by atoms with E-state index >= 15 is 0 Å². The van der Waals surface area contributed by atoms with Gasteiger partial charge in [0, 0.05) is 12.5 Å². The van der Waals surface area contributed by atoms with Crippen LogP contribution in [0.25, 0.3) is 0 Å². The van der Waals surface area contributed by atoms with Crippen molar-refractivity contribution in [3.63, 3.8) is 0 Å². The lowest BCUT2D eigenvalue weighted by Crippen LogP contribution is -2.42. The van der Waals surface area contributed by atoms with Crippen LogP contribution in [0.2, 0.25) is 0 Å². The molecule has 8 heteroatoms. The third kappa shape index (κ3) is 4.33. The van der Waals surface area contributed by atoms with Crippen LogP contribution < -0.4 is 20.3 Å². The van der Waals surface area contributed by atoms with Crippen molar-refractivity contribution in [3.8, 4) is 5.75 Å². The Bertz CT molecular complexity index is 844. The fraction of sp³-hybridized carbons (Fsp3) is 0.263. The molecule has 0 aliphatic carbocycles. The Balaban J connectivity index is 1.79. The molecule has 0 fully saturated rings. The quantitative estimate of drug-likeness (QED) is 0.840. The number of halogens is 2. The summed E-state index contributed by atoms with van der Waals surface area (Å²) in [4.78, 5) is 26.4. The predicted octanol–water partition coefficient (Wildman–Crippen LogP) is 3.46. The van der Waals surface area contributed by atoms with E-state index in [9.17, 15) is 18.4 Å². The lowest BCUT2D eigenvalue weighted by atomic mass is 10.1. The minimum Gasteiger partial charge on any atom is -0.433 e. The number of rotatable bonds is 5. The van der Waals surface area contributed by atoms with E-state index in [1.54, 1.807) is 49.4 Å². The Morgan fingerprint density at radius 1 is 1.26 bits per heavy atom. The maximum atomic E-state index is 12.9. The molecule has 2 aromatic rings. The number of alkyl halides is 2. The van der Waals surface area contributed by atoms with Gasteiger partial charge in [0.25, 0.3) is 0 Å². The number of carbonyl (C=O) groups is 2. The third-order valence-corrected chi connectivity index (χ3v) is 4.16. The molecule has 0 saturated carbocycles. The summed E-state index contributed by atoms with van der Waals surface area (Å²) in [6.45, 7) is -1.32. The van der Waals surface area contributed by atoms with Gasteiger partial charge in [-0.05, 0) is 31.2 Å². The molecular weight excluding hydrogens is 356 g/mol. The lowest BCUT2D eigenvalue weighted by molar-refractivity contribution is -0.118. The summed E-state index contributed by atoms with van der Waals surface area (Å²) in [5, 5.41) is 5.63. The number of ether oxygens (including phenoxy) is 1. The van der Waals surface area contributed by atoms with Crippen LogP contribution in [0.5, 0.6) is 5.75 Å². The highest BCUT2D eigenvalue weighted by molar-refractivity contribution is 6.05. The number of nitrogens with zero attached hydrogens (tertiary/aromatic N) is 1. The van der Waals surface area contributed by atoms with Gasteiger partial charge in [-0.15, -0.1) is 0 Å². The zero-order valence-corrected chi connectivity index (χ0v) is 14.6. The predicted molar refractivity (Wildman–Crippen MR) is 98.2 cm³/mol. The van der Waals surface area contributed by atoms with Crippen molar-refractivity contribution < 1.29 is 23.1 Å². The van der Waals surface area contributed by atoms with Crippen molar-refractivity contribution in [1.82, 2.24) is 0 Å².